The summed E-state index contributed by atoms with van der Waals surface area (Å²) in [6, 6.07) is 11.1. The maximum absolute atomic E-state index is 12.6. The SMILES string of the molecule is C[C@H]1C[C@@H](C(=O)N2CCC(Cc3ccccc3)C2)CCN1. The molecule has 1 aromatic rings. The number of benzene rings is 1. The van der Waals surface area contributed by atoms with E-state index in [1.165, 1.54) is 5.56 Å². The monoisotopic (exact) mass is 286 g/mol. The van der Waals surface area contributed by atoms with Gasteiger partial charge in [0.05, 0.1) is 0 Å². The molecule has 1 unspecified atom stereocenters. The van der Waals surface area contributed by atoms with Gasteiger partial charge in [0.15, 0.2) is 0 Å². The Balaban J connectivity index is 1.53. The van der Waals surface area contributed by atoms with Crippen molar-refractivity contribution in [3.05, 3.63) is 35.9 Å². The fourth-order valence-electron chi connectivity index (χ4n) is 3.76. The van der Waals surface area contributed by atoms with Crippen molar-refractivity contribution in [3.63, 3.8) is 0 Å². The lowest BCUT2D eigenvalue weighted by molar-refractivity contribution is -0.135. The van der Waals surface area contributed by atoms with Crippen LogP contribution in [0.4, 0.5) is 0 Å². The zero-order chi connectivity index (χ0) is 14.7. The first-order valence-corrected chi connectivity index (χ1v) is 8.28. The summed E-state index contributed by atoms with van der Waals surface area (Å²) in [7, 11) is 0. The third-order valence-electron chi connectivity index (χ3n) is 4.94. The summed E-state index contributed by atoms with van der Waals surface area (Å²) in [4.78, 5) is 14.8. The van der Waals surface area contributed by atoms with Crippen LogP contribution in [0.3, 0.4) is 0 Å². The summed E-state index contributed by atoms with van der Waals surface area (Å²) in [5, 5.41) is 3.43. The van der Waals surface area contributed by atoms with Crippen LogP contribution < -0.4 is 5.32 Å². The first-order chi connectivity index (χ1) is 10.2. The molecule has 2 heterocycles. The Hall–Kier alpha value is -1.35. The molecule has 3 heteroatoms. The van der Waals surface area contributed by atoms with Crippen LogP contribution in [-0.2, 0) is 11.2 Å². The highest BCUT2D eigenvalue weighted by molar-refractivity contribution is 5.79. The van der Waals surface area contributed by atoms with Crippen molar-refractivity contribution in [2.45, 2.75) is 38.6 Å². The number of hydrogen-bond donors (Lipinski definition) is 1. The summed E-state index contributed by atoms with van der Waals surface area (Å²) in [6.07, 6.45) is 4.26. The van der Waals surface area contributed by atoms with Crippen molar-refractivity contribution >= 4 is 5.91 Å². The molecule has 114 valence electrons. The molecule has 0 spiro atoms. The summed E-state index contributed by atoms with van der Waals surface area (Å²) in [6.45, 7) is 5.07. The van der Waals surface area contributed by atoms with E-state index in [1.807, 2.05) is 0 Å². The first-order valence-electron chi connectivity index (χ1n) is 8.28. The van der Waals surface area contributed by atoms with Crippen LogP contribution in [0.25, 0.3) is 0 Å². The molecular formula is C18H26N2O. The summed E-state index contributed by atoms with van der Waals surface area (Å²) < 4.78 is 0. The molecule has 2 aliphatic rings. The number of piperidine rings is 1. The topological polar surface area (TPSA) is 32.3 Å². The van der Waals surface area contributed by atoms with Gasteiger partial charge in [-0.1, -0.05) is 30.3 Å². The van der Waals surface area contributed by atoms with Gasteiger partial charge in [-0.05, 0) is 50.6 Å². The number of nitrogens with zero attached hydrogens (tertiary/aromatic N) is 1. The minimum Gasteiger partial charge on any atom is -0.342 e. The molecule has 2 aliphatic heterocycles. The Morgan fingerprint density at radius 2 is 2.10 bits per heavy atom. The number of nitrogens with one attached hydrogen (secondary N) is 1. The number of likely N-dealkylation sites (tertiary alicyclic amines) is 1. The molecule has 2 fully saturated rings. The van der Waals surface area contributed by atoms with Crippen LogP contribution >= 0.6 is 0 Å². The number of hydrogen-bond acceptors (Lipinski definition) is 2. The summed E-state index contributed by atoms with van der Waals surface area (Å²) >= 11 is 0. The quantitative estimate of drug-likeness (QED) is 0.926. The van der Waals surface area contributed by atoms with E-state index >= 15 is 0 Å². The maximum Gasteiger partial charge on any atom is 0.225 e. The molecule has 0 aliphatic carbocycles. The van der Waals surface area contributed by atoms with Crippen molar-refractivity contribution in [2.24, 2.45) is 11.8 Å². The highest BCUT2D eigenvalue weighted by atomic mass is 16.2. The summed E-state index contributed by atoms with van der Waals surface area (Å²) in [5.74, 6) is 1.28. The molecule has 3 nitrogen and oxygen atoms in total. The molecule has 0 radical (unpaired) electrons. The molecule has 1 amide bonds. The molecule has 3 rings (SSSR count). The van der Waals surface area contributed by atoms with Crippen LogP contribution in [-0.4, -0.2) is 36.5 Å². The van der Waals surface area contributed by atoms with Crippen molar-refractivity contribution in [2.75, 3.05) is 19.6 Å². The second-order valence-electron chi connectivity index (χ2n) is 6.71. The van der Waals surface area contributed by atoms with E-state index in [0.29, 0.717) is 17.9 Å². The van der Waals surface area contributed by atoms with Crippen molar-refractivity contribution < 1.29 is 4.79 Å². The van der Waals surface area contributed by atoms with E-state index in [9.17, 15) is 4.79 Å². The van der Waals surface area contributed by atoms with E-state index in [0.717, 1.165) is 45.3 Å². The molecule has 0 aromatic heterocycles. The third-order valence-corrected chi connectivity index (χ3v) is 4.94. The molecule has 0 bridgehead atoms. The first kappa shape index (κ1) is 14.6. The fraction of sp³-hybridized carbons (Fsp3) is 0.611. The van der Waals surface area contributed by atoms with Crippen LogP contribution in [0.5, 0.6) is 0 Å². The molecule has 1 aromatic carbocycles. The average Bonchev–Trinajstić information content (AvgIpc) is 2.96. The second kappa shape index (κ2) is 6.61. The van der Waals surface area contributed by atoms with Gasteiger partial charge in [-0.3, -0.25) is 4.79 Å². The highest BCUT2D eigenvalue weighted by Crippen LogP contribution is 2.25. The van der Waals surface area contributed by atoms with E-state index < -0.39 is 0 Å². The van der Waals surface area contributed by atoms with Gasteiger partial charge in [0.2, 0.25) is 5.91 Å². The zero-order valence-corrected chi connectivity index (χ0v) is 12.9. The van der Waals surface area contributed by atoms with Crippen LogP contribution in [0.15, 0.2) is 30.3 Å². The summed E-state index contributed by atoms with van der Waals surface area (Å²) in [5.41, 5.74) is 1.40. The Morgan fingerprint density at radius 1 is 1.29 bits per heavy atom. The van der Waals surface area contributed by atoms with Crippen molar-refractivity contribution in [3.8, 4) is 0 Å². The zero-order valence-electron chi connectivity index (χ0n) is 12.9. The standard InChI is InChI=1S/C18H26N2O/c1-14-11-17(7-9-19-14)18(21)20-10-8-16(13-20)12-15-5-3-2-4-6-15/h2-6,14,16-17,19H,7-13H2,1H3/t14-,16?,17-/m0/s1. The highest BCUT2D eigenvalue weighted by Gasteiger charge is 2.32. The fourth-order valence-corrected chi connectivity index (χ4v) is 3.76. The van der Waals surface area contributed by atoms with Crippen LogP contribution in [0, 0.1) is 11.8 Å². The van der Waals surface area contributed by atoms with Gasteiger partial charge in [0.1, 0.15) is 0 Å². The molecule has 3 atom stereocenters. The van der Waals surface area contributed by atoms with Crippen molar-refractivity contribution in [1.82, 2.24) is 10.2 Å². The van der Waals surface area contributed by atoms with Gasteiger partial charge < -0.3 is 10.2 Å². The third kappa shape index (κ3) is 3.65. The minimum absolute atomic E-state index is 0.247. The lowest BCUT2D eigenvalue weighted by Crippen LogP contribution is -2.43. The maximum atomic E-state index is 12.6. The Bertz CT molecular complexity index is 473. The van der Waals surface area contributed by atoms with Gasteiger partial charge in [-0.15, -0.1) is 0 Å². The molecule has 2 saturated heterocycles. The van der Waals surface area contributed by atoms with Gasteiger partial charge in [0, 0.05) is 25.0 Å². The molecule has 1 N–H and O–H groups in total. The number of carbonyl (C=O) groups excluding carboxylic acids is 1. The lowest BCUT2D eigenvalue weighted by atomic mass is 9.92. The van der Waals surface area contributed by atoms with Gasteiger partial charge >= 0.3 is 0 Å². The smallest absolute Gasteiger partial charge is 0.225 e. The number of amides is 1. The van der Waals surface area contributed by atoms with Gasteiger partial charge in [0.25, 0.3) is 0 Å². The Kier molecular flexibility index (Phi) is 4.59. The number of carbonyl (C=O) groups is 1. The predicted octanol–water partition coefficient (Wildman–Crippen LogP) is 2.47. The van der Waals surface area contributed by atoms with Crippen LogP contribution in [0.1, 0.15) is 31.7 Å². The van der Waals surface area contributed by atoms with Crippen LogP contribution in [0.2, 0.25) is 0 Å². The number of rotatable bonds is 3. The minimum atomic E-state index is 0.247. The molecular weight excluding hydrogens is 260 g/mol. The van der Waals surface area contributed by atoms with E-state index in [4.69, 9.17) is 0 Å². The normalized spacial score (nSPS) is 29.6. The molecule has 21 heavy (non-hydrogen) atoms. The Morgan fingerprint density at radius 3 is 2.86 bits per heavy atom. The van der Waals surface area contributed by atoms with E-state index in [1.54, 1.807) is 0 Å². The predicted molar refractivity (Wildman–Crippen MR) is 85.0 cm³/mol. The van der Waals surface area contributed by atoms with E-state index in [-0.39, 0.29) is 5.92 Å². The van der Waals surface area contributed by atoms with Crippen molar-refractivity contribution in [1.29, 1.82) is 0 Å². The second-order valence-corrected chi connectivity index (χ2v) is 6.71. The Labute approximate surface area is 127 Å². The lowest BCUT2D eigenvalue weighted by Gasteiger charge is -2.30. The van der Waals surface area contributed by atoms with Gasteiger partial charge in [-0.2, -0.15) is 0 Å². The van der Waals surface area contributed by atoms with Gasteiger partial charge in [-0.25, -0.2) is 0 Å². The largest absolute Gasteiger partial charge is 0.342 e. The molecule has 0 saturated carbocycles. The average molecular weight is 286 g/mol. The van der Waals surface area contributed by atoms with E-state index in [2.05, 4.69) is 47.5 Å².